The van der Waals surface area contributed by atoms with Gasteiger partial charge in [-0.3, -0.25) is 9.59 Å². The Balaban J connectivity index is 1.68. The number of imidazole rings is 1. The van der Waals surface area contributed by atoms with E-state index in [0.29, 0.717) is 17.1 Å². The highest BCUT2D eigenvalue weighted by Gasteiger charge is 2.09. The van der Waals surface area contributed by atoms with Crippen LogP contribution in [0.4, 0.5) is 0 Å². The van der Waals surface area contributed by atoms with Crippen LogP contribution in [0.1, 0.15) is 23.7 Å². The van der Waals surface area contributed by atoms with Crippen molar-refractivity contribution < 1.29 is 9.59 Å². The Morgan fingerprint density at radius 3 is 2.70 bits per heavy atom. The molecule has 0 aliphatic heterocycles. The van der Waals surface area contributed by atoms with E-state index in [0.717, 1.165) is 0 Å². The smallest absolute Gasteiger partial charge is 0.251 e. The molecule has 23 heavy (non-hydrogen) atoms. The zero-order valence-corrected chi connectivity index (χ0v) is 13.6. The molecule has 0 aliphatic rings. The first-order chi connectivity index (χ1) is 11.0. The number of rotatable bonds is 7. The van der Waals surface area contributed by atoms with Gasteiger partial charge in [-0.25, -0.2) is 4.98 Å². The van der Waals surface area contributed by atoms with Gasteiger partial charge in [0.15, 0.2) is 0 Å². The normalized spacial score (nSPS) is 11.7. The molecule has 1 atom stereocenters. The van der Waals surface area contributed by atoms with Crippen LogP contribution in [-0.2, 0) is 11.3 Å². The van der Waals surface area contributed by atoms with Crippen LogP contribution in [-0.4, -0.2) is 34.0 Å². The molecular formula is C16H19ClN4O2. The molecule has 1 heterocycles. The minimum Gasteiger partial charge on any atom is -0.352 e. The standard InChI is InChI=1S/C16H19ClN4O2/c1-12(10-21-9-8-18-11-21)20-15(22)6-7-19-16(23)13-2-4-14(17)5-3-13/h2-5,8-9,11-12H,6-7,10H2,1H3,(H,19,23)(H,20,22). The van der Waals surface area contributed by atoms with E-state index in [1.54, 1.807) is 36.8 Å². The minimum atomic E-state index is -0.221. The quantitative estimate of drug-likeness (QED) is 0.811. The summed E-state index contributed by atoms with van der Waals surface area (Å²) in [6, 6.07) is 6.58. The summed E-state index contributed by atoms with van der Waals surface area (Å²) in [6.45, 7) is 2.86. The summed E-state index contributed by atoms with van der Waals surface area (Å²) in [5.74, 6) is -0.324. The average Bonchev–Trinajstić information content (AvgIpc) is 3.00. The van der Waals surface area contributed by atoms with E-state index >= 15 is 0 Å². The lowest BCUT2D eigenvalue weighted by Gasteiger charge is -2.14. The first-order valence-corrected chi connectivity index (χ1v) is 7.71. The first-order valence-electron chi connectivity index (χ1n) is 7.33. The maximum Gasteiger partial charge on any atom is 0.251 e. The van der Waals surface area contributed by atoms with Gasteiger partial charge in [-0.1, -0.05) is 11.6 Å². The van der Waals surface area contributed by atoms with E-state index in [1.165, 1.54) is 0 Å². The van der Waals surface area contributed by atoms with Gasteiger partial charge < -0.3 is 15.2 Å². The highest BCUT2D eigenvalue weighted by atomic mass is 35.5. The summed E-state index contributed by atoms with van der Waals surface area (Å²) >= 11 is 5.77. The van der Waals surface area contributed by atoms with E-state index in [2.05, 4.69) is 15.6 Å². The van der Waals surface area contributed by atoms with Gasteiger partial charge in [-0.2, -0.15) is 0 Å². The number of amides is 2. The van der Waals surface area contributed by atoms with Crippen LogP contribution in [0.15, 0.2) is 43.0 Å². The number of benzene rings is 1. The summed E-state index contributed by atoms with van der Waals surface area (Å²) in [5, 5.41) is 6.17. The maximum atomic E-state index is 11.9. The molecule has 1 aromatic heterocycles. The molecule has 2 aromatic rings. The maximum absolute atomic E-state index is 11.9. The van der Waals surface area contributed by atoms with Crippen LogP contribution >= 0.6 is 11.6 Å². The van der Waals surface area contributed by atoms with Crippen molar-refractivity contribution >= 4 is 23.4 Å². The lowest BCUT2D eigenvalue weighted by molar-refractivity contribution is -0.121. The fourth-order valence-electron chi connectivity index (χ4n) is 2.10. The molecule has 1 aromatic carbocycles. The van der Waals surface area contributed by atoms with Gasteiger partial charge in [0.2, 0.25) is 5.91 Å². The summed E-state index contributed by atoms with van der Waals surface area (Å²) in [7, 11) is 0. The van der Waals surface area contributed by atoms with Crippen molar-refractivity contribution in [2.45, 2.75) is 25.9 Å². The van der Waals surface area contributed by atoms with Crippen LogP contribution in [0.25, 0.3) is 0 Å². The van der Waals surface area contributed by atoms with Crippen molar-refractivity contribution in [2.75, 3.05) is 6.54 Å². The highest BCUT2D eigenvalue weighted by molar-refractivity contribution is 6.30. The van der Waals surface area contributed by atoms with Gasteiger partial charge in [0, 0.05) is 48.5 Å². The third-order valence-electron chi connectivity index (χ3n) is 3.20. The van der Waals surface area contributed by atoms with E-state index < -0.39 is 0 Å². The lowest BCUT2D eigenvalue weighted by atomic mass is 10.2. The molecule has 0 spiro atoms. The summed E-state index contributed by atoms with van der Waals surface area (Å²) in [5.41, 5.74) is 0.517. The van der Waals surface area contributed by atoms with Gasteiger partial charge in [0.1, 0.15) is 0 Å². The van der Waals surface area contributed by atoms with Gasteiger partial charge in [0.25, 0.3) is 5.91 Å². The zero-order chi connectivity index (χ0) is 16.7. The molecule has 1 unspecified atom stereocenters. The van der Waals surface area contributed by atoms with Crippen molar-refractivity contribution in [3.8, 4) is 0 Å². The van der Waals surface area contributed by atoms with Crippen LogP contribution in [0, 0.1) is 0 Å². The number of aromatic nitrogens is 2. The predicted octanol–water partition coefficient (Wildman–Crippen LogP) is 1.86. The molecule has 6 nitrogen and oxygen atoms in total. The van der Waals surface area contributed by atoms with Gasteiger partial charge in [-0.05, 0) is 31.2 Å². The largest absolute Gasteiger partial charge is 0.352 e. The van der Waals surface area contributed by atoms with Crippen molar-refractivity contribution in [1.82, 2.24) is 20.2 Å². The molecule has 7 heteroatoms. The monoisotopic (exact) mass is 334 g/mol. The number of nitrogens with one attached hydrogen (secondary N) is 2. The van der Waals surface area contributed by atoms with Gasteiger partial charge in [0.05, 0.1) is 6.33 Å². The second-order valence-electron chi connectivity index (χ2n) is 5.24. The Bertz CT molecular complexity index is 641. The third-order valence-corrected chi connectivity index (χ3v) is 3.45. The van der Waals surface area contributed by atoms with Crippen molar-refractivity contribution in [3.63, 3.8) is 0 Å². The second kappa shape index (κ2) is 8.33. The molecule has 0 saturated carbocycles. The molecular weight excluding hydrogens is 316 g/mol. The highest BCUT2D eigenvalue weighted by Crippen LogP contribution is 2.09. The summed E-state index contributed by atoms with van der Waals surface area (Å²) in [4.78, 5) is 27.7. The number of hydrogen-bond donors (Lipinski definition) is 2. The fraction of sp³-hybridized carbons (Fsp3) is 0.312. The van der Waals surface area contributed by atoms with Crippen LogP contribution in [0.2, 0.25) is 5.02 Å². The van der Waals surface area contributed by atoms with Crippen molar-refractivity contribution in [3.05, 3.63) is 53.6 Å². The van der Waals surface area contributed by atoms with Crippen LogP contribution in [0.5, 0.6) is 0 Å². The molecule has 2 rings (SSSR count). The molecule has 0 radical (unpaired) electrons. The minimum absolute atomic E-state index is 0.0105. The first kappa shape index (κ1) is 17.0. The fourth-order valence-corrected chi connectivity index (χ4v) is 2.22. The number of halogens is 1. The zero-order valence-electron chi connectivity index (χ0n) is 12.8. The molecule has 2 amide bonds. The van der Waals surface area contributed by atoms with Crippen LogP contribution < -0.4 is 10.6 Å². The Labute approximate surface area is 139 Å². The number of carbonyl (C=O) groups excluding carboxylic acids is 2. The SMILES string of the molecule is CC(Cn1ccnc1)NC(=O)CCNC(=O)c1ccc(Cl)cc1. The Morgan fingerprint density at radius 2 is 2.04 bits per heavy atom. The number of hydrogen-bond acceptors (Lipinski definition) is 3. The Kier molecular flexibility index (Phi) is 6.17. The van der Waals surface area contributed by atoms with E-state index in [9.17, 15) is 9.59 Å². The summed E-state index contributed by atoms with van der Waals surface area (Å²) < 4.78 is 1.90. The lowest BCUT2D eigenvalue weighted by Crippen LogP contribution is -2.37. The molecule has 0 bridgehead atoms. The third kappa shape index (κ3) is 5.75. The van der Waals surface area contributed by atoms with Crippen LogP contribution in [0.3, 0.4) is 0 Å². The topological polar surface area (TPSA) is 76.0 Å². The van der Waals surface area contributed by atoms with Crippen molar-refractivity contribution in [2.24, 2.45) is 0 Å². The molecule has 122 valence electrons. The molecule has 0 aliphatic carbocycles. The molecule has 2 N–H and O–H groups in total. The Hall–Kier alpha value is -2.34. The Morgan fingerprint density at radius 1 is 1.30 bits per heavy atom. The number of nitrogens with zero attached hydrogens (tertiary/aromatic N) is 2. The molecule has 0 saturated heterocycles. The van der Waals surface area contributed by atoms with E-state index in [1.807, 2.05) is 17.7 Å². The van der Waals surface area contributed by atoms with Gasteiger partial charge in [-0.15, -0.1) is 0 Å². The molecule has 0 fully saturated rings. The summed E-state index contributed by atoms with van der Waals surface area (Å²) in [6.07, 6.45) is 5.47. The van der Waals surface area contributed by atoms with Gasteiger partial charge >= 0.3 is 0 Å². The second-order valence-corrected chi connectivity index (χ2v) is 5.68. The average molecular weight is 335 g/mol. The van der Waals surface area contributed by atoms with E-state index in [-0.39, 0.29) is 30.8 Å². The van der Waals surface area contributed by atoms with E-state index in [4.69, 9.17) is 11.6 Å². The van der Waals surface area contributed by atoms with Crippen molar-refractivity contribution in [1.29, 1.82) is 0 Å². The predicted molar refractivity (Wildman–Crippen MR) is 88.2 cm³/mol. The number of carbonyl (C=O) groups is 2.